The van der Waals surface area contributed by atoms with Crippen molar-refractivity contribution < 1.29 is 9.53 Å². The highest BCUT2D eigenvalue weighted by Gasteiger charge is 2.15. The lowest BCUT2D eigenvalue weighted by Crippen LogP contribution is -2.30. The molecule has 0 N–H and O–H groups in total. The third-order valence-electron chi connectivity index (χ3n) is 5.18. The number of amides is 1. The SMILES string of the molecule is COc1ccc(CN(C)C(=O)Cn2c3ccccc3c(=O)c3ccccc32)cc1. The molecule has 29 heavy (non-hydrogen) atoms. The summed E-state index contributed by atoms with van der Waals surface area (Å²) in [6.45, 7) is 0.660. The molecule has 0 unspecified atom stereocenters. The van der Waals surface area contributed by atoms with E-state index in [1.807, 2.05) is 77.4 Å². The number of likely N-dealkylation sites (N-methyl/N-ethyl adjacent to an activating group) is 1. The number of para-hydroxylation sites is 2. The average molecular weight is 386 g/mol. The summed E-state index contributed by atoms with van der Waals surface area (Å²) < 4.78 is 7.11. The van der Waals surface area contributed by atoms with Crippen LogP contribution in [0.2, 0.25) is 0 Å². The highest BCUT2D eigenvalue weighted by Crippen LogP contribution is 2.20. The minimum atomic E-state index is -0.0280. The van der Waals surface area contributed by atoms with Crippen molar-refractivity contribution in [3.63, 3.8) is 0 Å². The van der Waals surface area contributed by atoms with Crippen LogP contribution in [0.3, 0.4) is 0 Å². The van der Waals surface area contributed by atoms with Crippen LogP contribution in [-0.2, 0) is 17.9 Å². The molecule has 0 saturated carbocycles. The fraction of sp³-hybridized carbons (Fsp3) is 0.167. The fourth-order valence-corrected chi connectivity index (χ4v) is 3.60. The first-order valence-electron chi connectivity index (χ1n) is 9.45. The number of methoxy groups -OCH3 is 1. The number of hydrogen-bond acceptors (Lipinski definition) is 3. The number of carbonyl (C=O) groups excluding carboxylic acids is 1. The molecule has 4 rings (SSSR count). The largest absolute Gasteiger partial charge is 0.497 e. The molecular weight excluding hydrogens is 364 g/mol. The molecule has 1 heterocycles. The third kappa shape index (κ3) is 3.59. The Morgan fingerprint density at radius 3 is 2.00 bits per heavy atom. The van der Waals surface area contributed by atoms with Crippen LogP contribution in [0.15, 0.2) is 77.6 Å². The van der Waals surface area contributed by atoms with Gasteiger partial charge in [-0.05, 0) is 42.0 Å². The summed E-state index contributed by atoms with van der Waals surface area (Å²) >= 11 is 0. The molecule has 5 heteroatoms. The number of pyridine rings is 1. The van der Waals surface area contributed by atoms with Gasteiger partial charge >= 0.3 is 0 Å². The molecule has 4 aromatic rings. The summed E-state index contributed by atoms with van der Waals surface area (Å²) in [5.41, 5.74) is 2.55. The first kappa shape index (κ1) is 18.7. The van der Waals surface area contributed by atoms with Crippen molar-refractivity contribution in [1.29, 1.82) is 0 Å². The Bertz CT molecular complexity index is 1180. The lowest BCUT2D eigenvalue weighted by atomic mass is 10.1. The molecule has 0 spiro atoms. The van der Waals surface area contributed by atoms with Crippen LogP contribution < -0.4 is 10.2 Å². The monoisotopic (exact) mass is 386 g/mol. The van der Waals surface area contributed by atoms with Crippen LogP contribution in [0.5, 0.6) is 5.75 Å². The van der Waals surface area contributed by atoms with Crippen molar-refractivity contribution in [2.75, 3.05) is 14.2 Å². The topological polar surface area (TPSA) is 51.5 Å². The van der Waals surface area contributed by atoms with Gasteiger partial charge in [0.2, 0.25) is 5.91 Å². The Morgan fingerprint density at radius 1 is 0.897 bits per heavy atom. The number of nitrogens with zero attached hydrogens (tertiary/aromatic N) is 2. The van der Waals surface area contributed by atoms with Crippen molar-refractivity contribution in [2.24, 2.45) is 0 Å². The predicted octanol–water partition coefficient (Wildman–Crippen LogP) is 3.82. The number of benzene rings is 3. The molecule has 1 aromatic heterocycles. The van der Waals surface area contributed by atoms with Gasteiger partial charge in [-0.25, -0.2) is 0 Å². The van der Waals surface area contributed by atoms with Gasteiger partial charge in [0.15, 0.2) is 5.43 Å². The van der Waals surface area contributed by atoms with Gasteiger partial charge in [0.05, 0.1) is 18.1 Å². The Morgan fingerprint density at radius 2 is 1.45 bits per heavy atom. The molecule has 0 aliphatic carbocycles. The van der Waals surface area contributed by atoms with Gasteiger partial charge in [-0.1, -0.05) is 36.4 Å². The van der Waals surface area contributed by atoms with Gasteiger partial charge in [0.1, 0.15) is 12.3 Å². The first-order valence-corrected chi connectivity index (χ1v) is 9.45. The predicted molar refractivity (Wildman–Crippen MR) is 115 cm³/mol. The molecule has 1 amide bonds. The summed E-state index contributed by atoms with van der Waals surface area (Å²) in [5, 5.41) is 1.24. The summed E-state index contributed by atoms with van der Waals surface area (Å²) in [6, 6.07) is 22.5. The van der Waals surface area contributed by atoms with E-state index in [2.05, 4.69) is 0 Å². The van der Waals surface area contributed by atoms with Crippen LogP contribution >= 0.6 is 0 Å². The summed E-state index contributed by atoms with van der Waals surface area (Å²) in [7, 11) is 3.42. The lowest BCUT2D eigenvalue weighted by molar-refractivity contribution is -0.130. The number of fused-ring (bicyclic) bond motifs is 2. The number of carbonyl (C=O) groups is 1. The number of rotatable bonds is 5. The summed E-state index contributed by atoms with van der Waals surface area (Å²) in [4.78, 5) is 27.5. The maximum absolute atomic E-state index is 13.0. The highest BCUT2D eigenvalue weighted by molar-refractivity contribution is 5.94. The molecular formula is C24H22N2O3. The van der Waals surface area contributed by atoms with Crippen LogP contribution in [-0.4, -0.2) is 29.5 Å². The normalized spacial score (nSPS) is 11.0. The van der Waals surface area contributed by atoms with E-state index in [1.54, 1.807) is 19.1 Å². The second-order valence-electron chi connectivity index (χ2n) is 7.05. The van der Waals surface area contributed by atoms with Gasteiger partial charge < -0.3 is 14.2 Å². The maximum atomic E-state index is 13.0. The van der Waals surface area contributed by atoms with E-state index in [0.717, 1.165) is 22.3 Å². The van der Waals surface area contributed by atoms with Crippen LogP contribution in [0.25, 0.3) is 21.8 Å². The summed E-state index contributed by atoms with van der Waals surface area (Å²) in [5.74, 6) is 0.758. The standard InChI is InChI=1S/C24H22N2O3/c1-25(15-17-11-13-18(29-2)14-12-17)23(27)16-26-21-9-5-3-7-19(21)24(28)20-8-4-6-10-22(20)26/h3-14H,15-16H2,1-2H3. The van der Waals surface area contributed by atoms with Crippen molar-refractivity contribution >= 4 is 27.7 Å². The van der Waals surface area contributed by atoms with E-state index in [0.29, 0.717) is 17.3 Å². The van der Waals surface area contributed by atoms with Crippen molar-refractivity contribution in [3.05, 3.63) is 88.6 Å². The van der Waals surface area contributed by atoms with Gasteiger partial charge in [-0.2, -0.15) is 0 Å². The zero-order valence-corrected chi connectivity index (χ0v) is 16.5. The van der Waals surface area contributed by atoms with E-state index in [9.17, 15) is 9.59 Å². The van der Waals surface area contributed by atoms with Crippen LogP contribution in [0, 0.1) is 0 Å². The van der Waals surface area contributed by atoms with Gasteiger partial charge in [-0.3, -0.25) is 9.59 Å². The second-order valence-corrected chi connectivity index (χ2v) is 7.05. The van der Waals surface area contributed by atoms with Crippen molar-refractivity contribution in [2.45, 2.75) is 13.1 Å². The second kappa shape index (κ2) is 7.80. The van der Waals surface area contributed by atoms with E-state index < -0.39 is 0 Å². The van der Waals surface area contributed by atoms with E-state index in [-0.39, 0.29) is 17.9 Å². The zero-order valence-electron chi connectivity index (χ0n) is 16.5. The Kier molecular flexibility index (Phi) is 5.04. The van der Waals surface area contributed by atoms with Gasteiger partial charge in [0.25, 0.3) is 0 Å². The van der Waals surface area contributed by atoms with Crippen molar-refractivity contribution in [1.82, 2.24) is 9.47 Å². The quantitative estimate of drug-likeness (QED) is 0.490. The van der Waals surface area contributed by atoms with Gasteiger partial charge in [0, 0.05) is 24.4 Å². The molecule has 146 valence electrons. The average Bonchev–Trinajstić information content (AvgIpc) is 2.77. The fourth-order valence-electron chi connectivity index (χ4n) is 3.60. The van der Waals surface area contributed by atoms with Crippen molar-refractivity contribution in [3.8, 4) is 5.75 Å². The molecule has 0 saturated heterocycles. The maximum Gasteiger partial charge on any atom is 0.242 e. The van der Waals surface area contributed by atoms with Crippen LogP contribution in [0.4, 0.5) is 0 Å². The van der Waals surface area contributed by atoms with Gasteiger partial charge in [-0.15, -0.1) is 0 Å². The number of aromatic nitrogens is 1. The third-order valence-corrected chi connectivity index (χ3v) is 5.18. The minimum Gasteiger partial charge on any atom is -0.497 e. The molecule has 0 aliphatic rings. The molecule has 0 bridgehead atoms. The number of ether oxygens (including phenoxy) is 1. The minimum absolute atomic E-state index is 0.00788. The van der Waals surface area contributed by atoms with Crippen LogP contribution in [0.1, 0.15) is 5.56 Å². The molecule has 0 fully saturated rings. The zero-order chi connectivity index (χ0) is 20.4. The van der Waals surface area contributed by atoms with E-state index in [4.69, 9.17) is 4.74 Å². The molecule has 0 aliphatic heterocycles. The Hall–Kier alpha value is -3.60. The lowest BCUT2D eigenvalue weighted by Gasteiger charge is -2.20. The first-order chi connectivity index (χ1) is 14.1. The molecule has 3 aromatic carbocycles. The highest BCUT2D eigenvalue weighted by atomic mass is 16.5. The van der Waals surface area contributed by atoms with E-state index in [1.165, 1.54) is 0 Å². The Labute approximate surface area is 168 Å². The smallest absolute Gasteiger partial charge is 0.242 e. The summed E-state index contributed by atoms with van der Waals surface area (Å²) in [6.07, 6.45) is 0. The van der Waals surface area contributed by atoms with E-state index >= 15 is 0 Å². The number of hydrogen-bond donors (Lipinski definition) is 0. The molecule has 5 nitrogen and oxygen atoms in total. The molecule has 0 radical (unpaired) electrons. The Balaban J connectivity index is 1.68. The molecule has 0 atom stereocenters.